The van der Waals surface area contributed by atoms with E-state index in [-0.39, 0.29) is 0 Å². The second kappa shape index (κ2) is 5.14. The third kappa shape index (κ3) is 2.62. The molecule has 1 aromatic heterocycles. The Morgan fingerprint density at radius 2 is 2.47 bits per heavy atom. The van der Waals surface area contributed by atoms with Crippen molar-refractivity contribution in [3.8, 4) is 0 Å². The molecule has 0 saturated carbocycles. The Balaban J connectivity index is 2.06. The van der Waals surface area contributed by atoms with E-state index < -0.39 is 0 Å². The first-order chi connectivity index (χ1) is 7.31. The Bertz CT molecular complexity index is 315. The van der Waals surface area contributed by atoms with Gasteiger partial charge in [-0.25, -0.2) is 4.98 Å². The molecule has 1 saturated heterocycles. The van der Waals surface area contributed by atoms with Gasteiger partial charge in [-0.2, -0.15) is 16.1 Å². The first-order valence-electron chi connectivity index (χ1n) is 5.16. The van der Waals surface area contributed by atoms with Crippen molar-refractivity contribution in [1.82, 2.24) is 14.3 Å². The van der Waals surface area contributed by atoms with Gasteiger partial charge in [0.1, 0.15) is 0 Å². The molecule has 0 aliphatic carbocycles. The summed E-state index contributed by atoms with van der Waals surface area (Å²) in [5.74, 6) is 3.31. The molecule has 1 aliphatic rings. The summed E-state index contributed by atoms with van der Waals surface area (Å²) < 4.78 is 4.42. The molecule has 0 amide bonds. The van der Waals surface area contributed by atoms with E-state index in [1.807, 2.05) is 11.8 Å². The molecule has 0 radical (unpaired) electrons. The fourth-order valence-electron chi connectivity index (χ4n) is 1.55. The van der Waals surface area contributed by atoms with Gasteiger partial charge >= 0.3 is 0 Å². The molecule has 1 aliphatic heterocycles. The van der Waals surface area contributed by atoms with Gasteiger partial charge in [-0.1, -0.05) is 0 Å². The molecule has 1 unspecified atom stereocenters. The zero-order chi connectivity index (χ0) is 10.7. The lowest BCUT2D eigenvalue weighted by molar-refractivity contribution is 0.266. The lowest BCUT2D eigenvalue weighted by atomic mass is 10.3. The minimum atomic E-state index is 0.396. The van der Waals surface area contributed by atoms with Gasteiger partial charge in [-0.05, 0) is 14.0 Å². The van der Waals surface area contributed by atoms with Gasteiger partial charge in [0.05, 0.1) is 6.04 Å². The zero-order valence-corrected chi connectivity index (χ0v) is 10.7. The molecule has 1 atom stereocenters. The van der Waals surface area contributed by atoms with Crippen LogP contribution in [0.15, 0.2) is 0 Å². The Labute approximate surface area is 98.6 Å². The maximum atomic E-state index is 4.52. The monoisotopic (exact) mass is 244 g/mol. The normalized spacial score (nSPS) is 22.9. The molecule has 0 aromatic carbocycles. The average Bonchev–Trinajstić information content (AvgIpc) is 2.68. The molecular formula is C9H16N4S2. The number of hydrogen-bond donors (Lipinski definition) is 1. The van der Waals surface area contributed by atoms with Crippen molar-refractivity contribution in [1.29, 1.82) is 0 Å². The van der Waals surface area contributed by atoms with Crippen molar-refractivity contribution in [3.05, 3.63) is 5.82 Å². The first kappa shape index (κ1) is 11.2. The molecule has 4 nitrogen and oxygen atoms in total. The SMILES string of the molecule is CCNc1nc(C2CSCCN2C)ns1. The molecule has 0 bridgehead atoms. The highest BCUT2D eigenvalue weighted by Crippen LogP contribution is 2.27. The van der Waals surface area contributed by atoms with Crippen LogP contribution in [0.3, 0.4) is 0 Å². The molecule has 15 heavy (non-hydrogen) atoms. The zero-order valence-electron chi connectivity index (χ0n) is 9.06. The second-order valence-electron chi connectivity index (χ2n) is 3.56. The van der Waals surface area contributed by atoms with Crippen molar-refractivity contribution in [2.24, 2.45) is 0 Å². The largest absolute Gasteiger partial charge is 0.361 e. The summed E-state index contributed by atoms with van der Waals surface area (Å²) in [5.41, 5.74) is 0. The van der Waals surface area contributed by atoms with Crippen molar-refractivity contribution in [2.75, 3.05) is 37.0 Å². The van der Waals surface area contributed by atoms with E-state index in [4.69, 9.17) is 0 Å². The molecule has 2 rings (SSSR count). The number of anilines is 1. The Hall–Kier alpha value is -0.330. The molecule has 0 spiro atoms. The number of thioether (sulfide) groups is 1. The number of nitrogens with one attached hydrogen (secondary N) is 1. The molecule has 1 fully saturated rings. The van der Waals surface area contributed by atoms with E-state index in [9.17, 15) is 0 Å². The first-order valence-corrected chi connectivity index (χ1v) is 7.09. The molecule has 1 N–H and O–H groups in total. The van der Waals surface area contributed by atoms with Crippen LogP contribution >= 0.6 is 23.3 Å². The number of aromatic nitrogens is 2. The highest BCUT2D eigenvalue weighted by Gasteiger charge is 2.24. The van der Waals surface area contributed by atoms with Crippen molar-refractivity contribution < 1.29 is 0 Å². The van der Waals surface area contributed by atoms with E-state index in [0.29, 0.717) is 6.04 Å². The van der Waals surface area contributed by atoms with Crippen LogP contribution in [0.4, 0.5) is 5.13 Å². The number of rotatable bonds is 3. The van der Waals surface area contributed by atoms with Crippen molar-refractivity contribution in [2.45, 2.75) is 13.0 Å². The third-order valence-corrected chi connectivity index (χ3v) is 4.17. The Morgan fingerprint density at radius 1 is 1.60 bits per heavy atom. The van der Waals surface area contributed by atoms with Gasteiger partial charge in [-0.3, -0.25) is 4.90 Å². The quantitative estimate of drug-likeness (QED) is 0.876. The van der Waals surface area contributed by atoms with Gasteiger partial charge in [0, 0.05) is 36.1 Å². The average molecular weight is 244 g/mol. The van der Waals surface area contributed by atoms with Crippen LogP contribution < -0.4 is 5.32 Å². The minimum Gasteiger partial charge on any atom is -0.361 e. The predicted molar refractivity (Wildman–Crippen MR) is 66.8 cm³/mol. The summed E-state index contributed by atoms with van der Waals surface area (Å²) >= 11 is 3.45. The van der Waals surface area contributed by atoms with Crippen molar-refractivity contribution >= 4 is 28.4 Å². The molecule has 2 heterocycles. The highest BCUT2D eigenvalue weighted by molar-refractivity contribution is 7.99. The summed E-state index contributed by atoms with van der Waals surface area (Å²) in [7, 11) is 2.15. The molecule has 6 heteroatoms. The maximum absolute atomic E-state index is 4.52. The van der Waals surface area contributed by atoms with Crippen LogP contribution in [0, 0.1) is 0 Å². The van der Waals surface area contributed by atoms with Crippen LogP contribution in [0.2, 0.25) is 0 Å². The number of nitrogens with zero attached hydrogens (tertiary/aromatic N) is 3. The van der Waals surface area contributed by atoms with E-state index in [2.05, 4.69) is 33.5 Å². The van der Waals surface area contributed by atoms with Gasteiger partial charge in [0.15, 0.2) is 5.82 Å². The standard InChI is InChI=1S/C9H16N4S2/c1-3-10-9-11-8(12-15-9)7-6-14-5-4-13(7)2/h7H,3-6H2,1-2H3,(H,10,11,12). The highest BCUT2D eigenvalue weighted by atomic mass is 32.2. The van der Waals surface area contributed by atoms with Crippen LogP contribution in [0.1, 0.15) is 18.8 Å². The van der Waals surface area contributed by atoms with Crippen LogP contribution in [-0.4, -0.2) is 45.9 Å². The lowest BCUT2D eigenvalue weighted by Crippen LogP contribution is -2.33. The van der Waals surface area contributed by atoms with E-state index in [1.54, 1.807) is 0 Å². The van der Waals surface area contributed by atoms with Gasteiger partial charge in [0.25, 0.3) is 0 Å². The van der Waals surface area contributed by atoms with Crippen LogP contribution in [0.5, 0.6) is 0 Å². The Kier molecular flexibility index (Phi) is 3.82. The molecule has 84 valence electrons. The number of hydrogen-bond acceptors (Lipinski definition) is 6. The molecule has 1 aromatic rings. The summed E-state index contributed by atoms with van der Waals surface area (Å²) in [6.45, 7) is 4.11. The van der Waals surface area contributed by atoms with Crippen LogP contribution in [0.25, 0.3) is 0 Å². The van der Waals surface area contributed by atoms with E-state index >= 15 is 0 Å². The predicted octanol–water partition coefficient (Wildman–Crippen LogP) is 1.69. The summed E-state index contributed by atoms with van der Waals surface area (Å²) in [6.07, 6.45) is 0. The van der Waals surface area contributed by atoms with E-state index in [1.165, 1.54) is 17.3 Å². The van der Waals surface area contributed by atoms with Crippen LogP contribution in [-0.2, 0) is 0 Å². The maximum Gasteiger partial charge on any atom is 0.202 e. The topological polar surface area (TPSA) is 41.1 Å². The fraction of sp³-hybridized carbons (Fsp3) is 0.778. The van der Waals surface area contributed by atoms with Gasteiger partial charge < -0.3 is 5.32 Å². The third-order valence-electron chi connectivity index (χ3n) is 2.46. The van der Waals surface area contributed by atoms with Crippen molar-refractivity contribution in [3.63, 3.8) is 0 Å². The fourth-order valence-corrected chi connectivity index (χ4v) is 3.45. The van der Waals surface area contributed by atoms with Gasteiger partial charge in [-0.15, -0.1) is 0 Å². The second-order valence-corrected chi connectivity index (χ2v) is 5.46. The summed E-state index contributed by atoms with van der Waals surface area (Å²) in [6, 6.07) is 0.396. The summed E-state index contributed by atoms with van der Waals surface area (Å²) in [5, 5.41) is 4.14. The van der Waals surface area contributed by atoms with E-state index in [0.717, 1.165) is 29.8 Å². The minimum absolute atomic E-state index is 0.396. The smallest absolute Gasteiger partial charge is 0.202 e. The summed E-state index contributed by atoms with van der Waals surface area (Å²) in [4.78, 5) is 6.86. The Morgan fingerprint density at radius 3 is 3.20 bits per heavy atom. The molecular weight excluding hydrogens is 228 g/mol. The van der Waals surface area contributed by atoms with Gasteiger partial charge in [0.2, 0.25) is 5.13 Å². The lowest BCUT2D eigenvalue weighted by Gasteiger charge is -2.29.